The van der Waals surface area contributed by atoms with E-state index in [1.54, 1.807) is 0 Å². The highest BCUT2D eigenvalue weighted by Crippen LogP contribution is 2.56. The molecule has 0 spiro atoms. The Balaban J connectivity index is 1.02. The minimum Gasteiger partial charge on any atom is -0.455 e. The molecule has 4 heterocycles. The monoisotopic (exact) mass is 1090 g/mol. The number of nitrogens with one attached hydrogen (secondary N) is 1. The molecule has 0 saturated heterocycles. The molecule has 0 saturated carbocycles. The molecule has 16 rings (SSSR count). The number of furan rings is 1. The van der Waals surface area contributed by atoms with Crippen molar-refractivity contribution in [1.29, 1.82) is 0 Å². The van der Waals surface area contributed by atoms with Crippen LogP contribution in [-0.4, -0.2) is 11.8 Å². The van der Waals surface area contributed by atoms with Crippen molar-refractivity contribution in [3.05, 3.63) is 228 Å². The number of hydrogen-bond donors (Lipinski definition) is 1. The fourth-order valence-corrected chi connectivity index (χ4v) is 15.7. The van der Waals surface area contributed by atoms with Gasteiger partial charge in [0.05, 0.1) is 22.1 Å². The van der Waals surface area contributed by atoms with Gasteiger partial charge in [0, 0.05) is 65.7 Å². The number of benzene rings is 10. The maximum atomic E-state index is 7.49. The van der Waals surface area contributed by atoms with Gasteiger partial charge in [-0.25, -0.2) is 0 Å². The van der Waals surface area contributed by atoms with Gasteiger partial charge in [0.25, 0.3) is 0 Å². The number of rotatable bonds is 7. The lowest BCUT2D eigenvalue weighted by molar-refractivity contribution is 0.332. The van der Waals surface area contributed by atoms with E-state index in [4.69, 9.17) is 4.42 Å². The molecule has 6 heteroatoms. The molecular formula is C77H65BN3OS. The number of thiophene rings is 1. The number of nitrogens with zero attached hydrogens (tertiary/aromatic N) is 2. The number of aromatic nitrogens is 1. The van der Waals surface area contributed by atoms with Crippen LogP contribution in [0.3, 0.4) is 0 Å². The summed E-state index contributed by atoms with van der Waals surface area (Å²) in [6.45, 7) is 21.5. The van der Waals surface area contributed by atoms with Crippen molar-refractivity contribution in [2.45, 2.75) is 96.8 Å². The fraction of sp³-hybridized carbons (Fsp3) is 0.195. The average Bonchev–Trinajstić information content (AvgIpc) is 4.28. The molecule has 13 aromatic rings. The summed E-state index contributed by atoms with van der Waals surface area (Å²) >= 11 is 1.91. The maximum Gasteiger partial charge on any atom is 0.211 e. The van der Waals surface area contributed by atoms with Crippen LogP contribution in [0, 0.1) is 0 Å². The van der Waals surface area contributed by atoms with Gasteiger partial charge in [-0.05, 0) is 186 Å². The van der Waals surface area contributed by atoms with Crippen molar-refractivity contribution in [2.24, 2.45) is 0 Å². The van der Waals surface area contributed by atoms with Crippen LogP contribution in [0.1, 0.15) is 103 Å². The van der Waals surface area contributed by atoms with Crippen LogP contribution >= 0.6 is 11.3 Å². The summed E-state index contributed by atoms with van der Waals surface area (Å²) in [4.78, 5) is 2.38. The standard InChI is InChI=1S/C77H65BN3OS/c1-74(2,3)47-30-32-48(33-31-47)79-62-43-54-53-40-51(80(49-23-15-11-16-24-49)50-25-17-12-18-26-50)34-35-58(53)77(8,9)59(54)41-55(62)66-67-52-27-19-20-28-64(52)82-72(67)68-56-42-60-61(76(6,7)38-37-75(60,4)5)44-63(56)81-70-57-39-46(45-21-13-10-14-22-45)29-36-65(57)83-73(70)78-69(66)71(68)81/h10-36,39-44,79H,37-38H2,1-9H3. The topological polar surface area (TPSA) is 33.3 Å². The van der Waals surface area contributed by atoms with Crippen molar-refractivity contribution < 1.29 is 4.42 Å². The highest BCUT2D eigenvalue weighted by Gasteiger charge is 2.42. The Labute approximate surface area is 491 Å². The van der Waals surface area contributed by atoms with Crippen LogP contribution in [-0.2, 0) is 21.7 Å². The summed E-state index contributed by atoms with van der Waals surface area (Å²) in [5.41, 5.74) is 26.0. The molecule has 10 aromatic carbocycles. The molecule has 3 aromatic heterocycles. The van der Waals surface area contributed by atoms with Gasteiger partial charge in [0.2, 0.25) is 7.28 Å². The zero-order valence-electron chi connectivity index (χ0n) is 48.8. The molecule has 1 radical (unpaired) electrons. The summed E-state index contributed by atoms with van der Waals surface area (Å²) in [7, 11) is 2.55. The van der Waals surface area contributed by atoms with E-state index in [9.17, 15) is 0 Å². The summed E-state index contributed by atoms with van der Waals surface area (Å²) in [5.74, 6) is 0. The minimum atomic E-state index is -0.333. The summed E-state index contributed by atoms with van der Waals surface area (Å²) < 4.78 is 12.7. The van der Waals surface area contributed by atoms with Crippen LogP contribution in [0.25, 0.3) is 92.9 Å². The Hall–Kier alpha value is -8.58. The largest absolute Gasteiger partial charge is 0.455 e. The first-order chi connectivity index (χ1) is 40.0. The summed E-state index contributed by atoms with van der Waals surface area (Å²) in [6, 6.07) is 74.7. The molecule has 4 nitrogen and oxygen atoms in total. The van der Waals surface area contributed by atoms with E-state index in [0.29, 0.717) is 0 Å². The number of para-hydroxylation sites is 3. The maximum absolute atomic E-state index is 7.49. The Kier molecular flexibility index (Phi) is 10.7. The average molecular weight is 1090 g/mol. The molecule has 0 atom stereocenters. The Morgan fingerprint density at radius 3 is 1.89 bits per heavy atom. The Morgan fingerprint density at radius 2 is 1.19 bits per heavy atom. The van der Waals surface area contributed by atoms with E-state index in [0.717, 1.165) is 68.8 Å². The van der Waals surface area contributed by atoms with Gasteiger partial charge in [0.1, 0.15) is 11.2 Å². The van der Waals surface area contributed by atoms with Crippen LogP contribution in [0.4, 0.5) is 28.4 Å². The summed E-state index contributed by atoms with van der Waals surface area (Å²) in [5, 5.41) is 10.1. The van der Waals surface area contributed by atoms with Crippen molar-refractivity contribution in [3.8, 4) is 39.1 Å². The van der Waals surface area contributed by atoms with E-state index < -0.39 is 0 Å². The van der Waals surface area contributed by atoms with Gasteiger partial charge >= 0.3 is 0 Å². The second-order valence-corrected chi connectivity index (χ2v) is 27.7. The van der Waals surface area contributed by atoms with E-state index in [1.165, 1.54) is 103 Å². The molecular weight excluding hydrogens is 1030 g/mol. The predicted molar refractivity (Wildman–Crippen MR) is 355 cm³/mol. The zero-order chi connectivity index (χ0) is 56.5. The van der Waals surface area contributed by atoms with Crippen LogP contribution in [0.5, 0.6) is 0 Å². The highest BCUT2D eigenvalue weighted by molar-refractivity contribution is 7.29. The first-order valence-corrected chi connectivity index (χ1v) is 30.4. The second kappa shape index (κ2) is 17.7. The Morgan fingerprint density at radius 1 is 0.542 bits per heavy atom. The predicted octanol–water partition coefficient (Wildman–Crippen LogP) is 20.4. The van der Waals surface area contributed by atoms with Gasteiger partial charge in [0.15, 0.2) is 0 Å². The molecule has 0 fully saturated rings. The lowest BCUT2D eigenvalue weighted by Gasteiger charge is -2.42. The van der Waals surface area contributed by atoms with E-state index in [1.807, 2.05) is 11.3 Å². The van der Waals surface area contributed by atoms with Gasteiger partial charge in [-0.15, -0.1) is 11.3 Å². The van der Waals surface area contributed by atoms with Crippen molar-refractivity contribution in [2.75, 3.05) is 10.2 Å². The lowest BCUT2D eigenvalue weighted by atomic mass is 9.62. The number of anilines is 5. The van der Waals surface area contributed by atoms with Gasteiger partial charge in [-0.1, -0.05) is 172 Å². The smallest absolute Gasteiger partial charge is 0.211 e. The third kappa shape index (κ3) is 7.50. The van der Waals surface area contributed by atoms with Gasteiger partial charge in [-0.2, -0.15) is 0 Å². The molecule has 83 heavy (non-hydrogen) atoms. The number of hydrogen-bond acceptors (Lipinski definition) is 4. The zero-order valence-corrected chi connectivity index (χ0v) is 49.6. The quantitative estimate of drug-likeness (QED) is 0.162. The van der Waals surface area contributed by atoms with Crippen LogP contribution < -0.4 is 20.5 Å². The van der Waals surface area contributed by atoms with Crippen molar-refractivity contribution >= 4 is 111 Å². The van der Waals surface area contributed by atoms with Crippen LogP contribution in [0.2, 0.25) is 0 Å². The first-order valence-electron chi connectivity index (χ1n) is 29.6. The number of fused-ring (bicyclic) bond motifs is 15. The van der Waals surface area contributed by atoms with Gasteiger partial charge in [-0.3, -0.25) is 0 Å². The van der Waals surface area contributed by atoms with Crippen molar-refractivity contribution in [3.63, 3.8) is 0 Å². The third-order valence-electron chi connectivity index (χ3n) is 19.2. The molecule has 0 bridgehead atoms. The second-order valence-electron chi connectivity index (χ2n) is 26.6. The molecule has 403 valence electrons. The SMILES string of the molecule is CC(C)(C)c1ccc(Nc2cc3c(cc2-c2c4c5c(c6cc7c(cc6n5-c5c(sc6ccc(-c8ccccc8)cc56)[B]4)C(C)(C)CCC7(C)C)c4oc5ccccc5c24)C(C)(C)c2ccc(N(c4ccccc4)c4ccccc4)cc2-3)cc1. The van der Waals surface area contributed by atoms with Crippen LogP contribution in [0.15, 0.2) is 205 Å². The molecule has 1 aliphatic heterocycles. The molecule has 1 N–H and O–H groups in total. The van der Waals surface area contributed by atoms with E-state index >= 15 is 0 Å². The normalized spacial score (nSPS) is 15.3. The first kappa shape index (κ1) is 50.2. The molecule has 3 aliphatic rings. The molecule has 2 aliphatic carbocycles. The van der Waals surface area contributed by atoms with E-state index in [-0.39, 0.29) is 21.7 Å². The molecule has 0 amide bonds. The Bertz CT molecular complexity index is 4800. The molecule has 0 unspecified atom stereocenters. The fourth-order valence-electron chi connectivity index (χ4n) is 14.6. The third-order valence-corrected chi connectivity index (χ3v) is 20.3. The van der Waals surface area contributed by atoms with Gasteiger partial charge < -0.3 is 19.2 Å². The minimum absolute atomic E-state index is 0.00185. The van der Waals surface area contributed by atoms with E-state index in [2.05, 4.69) is 285 Å². The lowest BCUT2D eigenvalue weighted by Crippen LogP contribution is -2.35. The highest BCUT2D eigenvalue weighted by atomic mass is 32.1. The summed E-state index contributed by atoms with van der Waals surface area (Å²) in [6.07, 6.45) is 2.27. The van der Waals surface area contributed by atoms with Crippen molar-refractivity contribution in [1.82, 2.24) is 4.57 Å².